The van der Waals surface area contributed by atoms with Gasteiger partial charge in [-0.25, -0.2) is 9.97 Å². The molecule has 0 radical (unpaired) electrons. The number of methoxy groups -OCH3 is 1. The lowest BCUT2D eigenvalue weighted by Crippen LogP contribution is -2.10. The summed E-state index contributed by atoms with van der Waals surface area (Å²) in [6.07, 6.45) is -4.34. The maximum absolute atomic E-state index is 13.4. The number of carbonyl (C=O) groups excluding carboxylic acids is 1. The van der Waals surface area contributed by atoms with Gasteiger partial charge in [0.1, 0.15) is 11.4 Å². The number of nitro groups is 1. The molecule has 7 nitrogen and oxygen atoms in total. The first-order chi connectivity index (χ1) is 14.2. The van der Waals surface area contributed by atoms with Gasteiger partial charge >= 0.3 is 6.18 Å². The third kappa shape index (κ3) is 4.74. The number of rotatable bonds is 6. The number of carbonyl (C=O) groups is 1. The van der Waals surface area contributed by atoms with Gasteiger partial charge < -0.3 is 4.74 Å². The van der Waals surface area contributed by atoms with E-state index in [1.54, 1.807) is 24.3 Å². The van der Waals surface area contributed by atoms with E-state index in [4.69, 9.17) is 4.74 Å². The zero-order chi connectivity index (χ0) is 21.9. The monoisotopic (exact) mass is 435 g/mol. The van der Waals surface area contributed by atoms with E-state index in [1.807, 2.05) is 0 Å². The second-order valence-corrected chi connectivity index (χ2v) is 6.86. The Bertz CT molecular complexity index is 1110. The molecule has 3 aromatic rings. The number of hydrogen-bond acceptors (Lipinski definition) is 7. The Morgan fingerprint density at radius 3 is 2.37 bits per heavy atom. The zero-order valence-corrected chi connectivity index (χ0v) is 16.0. The fourth-order valence-electron chi connectivity index (χ4n) is 2.46. The minimum Gasteiger partial charge on any atom is -0.497 e. The van der Waals surface area contributed by atoms with Crippen molar-refractivity contribution in [1.82, 2.24) is 9.97 Å². The van der Waals surface area contributed by atoms with Gasteiger partial charge in [-0.1, -0.05) is 0 Å². The van der Waals surface area contributed by atoms with E-state index in [9.17, 15) is 28.1 Å². The molecule has 0 spiro atoms. The van der Waals surface area contributed by atoms with Crippen molar-refractivity contribution < 1.29 is 27.6 Å². The van der Waals surface area contributed by atoms with Crippen LogP contribution < -0.4 is 4.74 Å². The van der Waals surface area contributed by atoms with Crippen molar-refractivity contribution in [3.63, 3.8) is 0 Å². The Morgan fingerprint density at radius 1 is 1.10 bits per heavy atom. The number of aldehydes is 1. The number of nitro benzene ring substituents is 1. The van der Waals surface area contributed by atoms with E-state index >= 15 is 0 Å². The minimum absolute atomic E-state index is 0.0250. The second-order valence-electron chi connectivity index (χ2n) is 5.85. The topological polar surface area (TPSA) is 95.2 Å². The minimum atomic E-state index is -4.72. The predicted molar refractivity (Wildman–Crippen MR) is 102 cm³/mol. The van der Waals surface area contributed by atoms with E-state index in [0.29, 0.717) is 29.4 Å². The van der Waals surface area contributed by atoms with Gasteiger partial charge in [0, 0.05) is 28.2 Å². The van der Waals surface area contributed by atoms with Crippen molar-refractivity contribution in [2.24, 2.45) is 0 Å². The Labute approximate surface area is 172 Å². The van der Waals surface area contributed by atoms with Crippen LogP contribution >= 0.6 is 11.8 Å². The molecule has 0 unspecified atom stereocenters. The van der Waals surface area contributed by atoms with Crippen LogP contribution in [0.4, 0.5) is 18.9 Å². The number of alkyl halides is 3. The molecule has 0 aliphatic rings. The molecule has 1 aromatic heterocycles. The number of ether oxygens (including phenoxy) is 1. The summed E-state index contributed by atoms with van der Waals surface area (Å²) in [5, 5.41) is 10.6. The molecule has 0 saturated heterocycles. The molecule has 154 valence electrons. The van der Waals surface area contributed by atoms with Crippen molar-refractivity contribution in [2.45, 2.75) is 16.2 Å². The maximum Gasteiger partial charge on any atom is 0.433 e. The number of hydrogen-bond donors (Lipinski definition) is 0. The standard InChI is InChI=1S/C19H12F3N3O4S/c1-29-14-5-2-11(3-6-14)15-9-17(19(20,21)22)24-18(23-15)30-16-7-4-13(25(27)28)8-12(16)10-26/h2-10H,1H3. The Morgan fingerprint density at radius 2 is 1.80 bits per heavy atom. The van der Waals surface area contributed by atoms with E-state index < -0.39 is 16.8 Å². The average molecular weight is 435 g/mol. The van der Waals surface area contributed by atoms with Crippen molar-refractivity contribution in [3.8, 4) is 17.0 Å². The molecule has 0 aliphatic heterocycles. The molecule has 2 aromatic carbocycles. The highest BCUT2D eigenvalue weighted by Gasteiger charge is 2.34. The first-order valence-corrected chi connectivity index (χ1v) is 9.05. The van der Waals surface area contributed by atoms with Crippen LogP contribution in [-0.4, -0.2) is 28.3 Å². The summed E-state index contributed by atoms with van der Waals surface area (Å²) in [6.45, 7) is 0. The van der Waals surface area contributed by atoms with E-state index in [2.05, 4.69) is 9.97 Å². The van der Waals surface area contributed by atoms with Crippen LogP contribution in [0.5, 0.6) is 5.75 Å². The molecule has 0 saturated carbocycles. The van der Waals surface area contributed by atoms with Crippen LogP contribution in [0.1, 0.15) is 16.1 Å². The quantitative estimate of drug-likeness (QED) is 0.232. The van der Waals surface area contributed by atoms with Crippen LogP contribution in [-0.2, 0) is 6.18 Å². The average Bonchev–Trinajstić information content (AvgIpc) is 2.73. The highest BCUT2D eigenvalue weighted by Crippen LogP contribution is 2.35. The fourth-order valence-corrected chi connectivity index (χ4v) is 3.30. The first-order valence-electron chi connectivity index (χ1n) is 8.23. The van der Waals surface area contributed by atoms with E-state index in [-0.39, 0.29) is 27.0 Å². The van der Waals surface area contributed by atoms with Crippen LogP contribution in [0, 0.1) is 10.1 Å². The number of halogens is 3. The van der Waals surface area contributed by atoms with Crippen LogP contribution in [0.25, 0.3) is 11.3 Å². The lowest BCUT2D eigenvalue weighted by molar-refractivity contribution is -0.384. The highest BCUT2D eigenvalue weighted by atomic mass is 32.2. The van der Waals surface area contributed by atoms with Crippen molar-refractivity contribution >= 4 is 23.7 Å². The molecule has 0 N–H and O–H groups in total. The van der Waals surface area contributed by atoms with Gasteiger partial charge in [0.15, 0.2) is 11.4 Å². The molecule has 0 bridgehead atoms. The largest absolute Gasteiger partial charge is 0.497 e. The van der Waals surface area contributed by atoms with Crippen LogP contribution in [0.15, 0.2) is 58.6 Å². The van der Waals surface area contributed by atoms with Gasteiger partial charge in [0.25, 0.3) is 5.69 Å². The van der Waals surface area contributed by atoms with Crippen molar-refractivity contribution in [2.75, 3.05) is 7.11 Å². The predicted octanol–water partition coefficient (Wildman–Crippen LogP) is 5.04. The Balaban J connectivity index is 2.06. The SMILES string of the molecule is COc1ccc(-c2cc(C(F)(F)F)nc(Sc3ccc([N+](=O)[O-])cc3C=O)n2)cc1. The summed E-state index contributed by atoms with van der Waals surface area (Å²) >= 11 is 0.705. The normalized spacial score (nSPS) is 11.2. The molecule has 11 heteroatoms. The maximum atomic E-state index is 13.4. The van der Waals surface area contributed by atoms with Gasteiger partial charge in [-0.2, -0.15) is 13.2 Å². The molecule has 0 aliphatic carbocycles. The van der Waals surface area contributed by atoms with Crippen molar-refractivity contribution in [3.05, 3.63) is 69.9 Å². The fraction of sp³-hybridized carbons (Fsp3) is 0.105. The number of non-ortho nitro benzene ring substituents is 1. The van der Waals surface area contributed by atoms with Gasteiger partial charge in [-0.05, 0) is 48.2 Å². The van der Waals surface area contributed by atoms with Gasteiger partial charge in [-0.15, -0.1) is 0 Å². The summed E-state index contributed by atoms with van der Waals surface area (Å²) in [7, 11) is 1.46. The Hall–Kier alpha value is -3.47. The zero-order valence-electron chi connectivity index (χ0n) is 15.2. The van der Waals surface area contributed by atoms with E-state index in [1.165, 1.54) is 13.2 Å². The van der Waals surface area contributed by atoms with Crippen LogP contribution in [0.2, 0.25) is 0 Å². The van der Waals surface area contributed by atoms with E-state index in [0.717, 1.165) is 18.2 Å². The highest BCUT2D eigenvalue weighted by molar-refractivity contribution is 7.99. The Kier molecular flexibility index (Phi) is 6.01. The number of nitrogens with zero attached hydrogens (tertiary/aromatic N) is 3. The lowest BCUT2D eigenvalue weighted by atomic mass is 10.1. The number of benzene rings is 2. The molecule has 0 fully saturated rings. The van der Waals surface area contributed by atoms with Gasteiger partial charge in [0.05, 0.1) is 17.7 Å². The third-order valence-corrected chi connectivity index (χ3v) is 4.87. The summed E-state index contributed by atoms with van der Waals surface area (Å²) in [5.74, 6) is 0.528. The molecule has 0 amide bonds. The molecular weight excluding hydrogens is 423 g/mol. The van der Waals surface area contributed by atoms with Gasteiger partial charge in [-0.3, -0.25) is 14.9 Å². The molecule has 30 heavy (non-hydrogen) atoms. The summed E-state index contributed by atoms with van der Waals surface area (Å²) in [5.41, 5.74) is -1.09. The van der Waals surface area contributed by atoms with Crippen LogP contribution in [0.3, 0.4) is 0 Å². The summed E-state index contributed by atoms with van der Waals surface area (Å²) < 4.78 is 45.1. The second kappa shape index (κ2) is 8.49. The van der Waals surface area contributed by atoms with Crippen molar-refractivity contribution in [1.29, 1.82) is 0 Å². The van der Waals surface area contributed by atoms with Gasteiger partial charge in [0.2, 0.25) is 0 Å². The summed E-state index contributed by atoms with van der Waals surface area (Å²) in [6, 6.07) is 10.5. The third-order valence-electron chi connectivity index (χ3n) is 3.91. The summed E-state index contributed by atoms with van der Waals surface area (Å²) in [4.78, 5) is 29.4. The number of aromatic nitrogens is 2. The molecule has 0 atom stereocenters. The molecule has 3 rings (SSSR count). The first kappa shape index (κ1) is 21.2. The smallest absolute Gasteiger partial charge is 0.433 e. The molecular formula is C19H12F3N3O4S. The molecule has 1 heterocycles. The lowest BCUT2D eigenvalue weighted by Gasteiger charge is -2.11.